The smallest absolute Gasteiger partial charge is 0.267 e. The van der Waals surface area contributed by atoms with Gasteiger partial charge in [0.15, 0.2) is 5.71 Å². The molecule has 7 nitrogen and oxygen atoms in total. The van der Waals surface area contributed by atoms with E-state index in [4.69, 9.17) is 0 Å². The summed E-state index contributed by atoms with van der Waals surface area (Å²) in [7, 11) is 0. The van der Waals surface area contributed by atoms with Gasteiger partial charge in [0.25, 0.3) is 17.7 Å². The molecule has 7 heteroatoms. The fraction of sp³-hybridized carbons (Fsp3) is 0. The molecule has 2 N–H and O–H groups in total. The Morgan fingerprint density at radius 3 is 1.49 bits per heavy atom. The van der Waals surface area contributed by atoms with Crippen molar-refractivity contribution in [2.24, 2.45) is 5.10 Å². The molecular weight excluding hydrogens is 440 g/mol. The molecule has 0 saturated heterocycles. The second-order valence-electron chi connectivity index (χ2n) is 7.42. The van der Waals surface area contributed by atoms with Gasteiger partial charge in [0.2, 0.25) is 0 Å². The van der Waals surface area contributed by atoms with E-state index in [9.17, 15) is 14.4 Å². The van der Waals surface area contributed by atoms with Crippen LogP contribution in [0.1, 0.15) is 26.3 Å². The molecule has 0 fully saturated rings. The molecule has 0 aromatic heterocycles. The summed E-state index contributed by atoms with van der Waals surface area (Å²) < 4.78 is 0. The molecule has 4 aromatic carbocycles. The van der Waals surface area contributed by atoms with Gasteiger partial charge in [-0.05, 0) is 36.4 Å². The van der Waals surface area contributed by atoms with Crippen molar-refractivity contribution in [3.05, 3.63) is 138 Å². The van der Waals surface area contributed by atoms with Gasteiger partial charge >= 0.3 is 0 Å². The average molecular weight is 463 g/mol. The van der Waals surface area contributed by atoms with Crippen LogP contribution in [0.15, 0.2) is 126 Å². The lowest BCUT2D eigenvalue weighted by atomic mass is 10.1. The van der Waals surface area contributed by atoms with Crippen molar-refractivity contribution < 1.29 is 14.4 Å². The number of benzene rings is 4. The van der Waals surface area contributed by atoms with E-state index in [1.165, 1.54) is 0 Å². The lowest BCUT2D eigenvalue weighted by Gasteiger charge is -2.24. The number of nitrogens with zero attached hydrogens (tertiary/aromatic N) is 2. The van der Waals surface area contributed by atoms with Crippen LogP contribution in [0.2, 0.25) is 0 Å². The van der Waals surface area contributed by atoms with Gasteiger partial charge in [-0.25, -0.2) is 10.4 Å². The quantitative estimate of drug-likeness (QED) is 0.332. The molecule has 0 spiro atoms. The topological polar surface area (TPSA) is 90.9 Å². The molecule has 0 bridgehead atoms. The summed E-state index contributed by atoms with van der Waals surface area (Å²) in [4.78, 5) is 39.3. The SMILES string of the molecule is O=C(N/N=C(\C(=O)N(NC(=O)c1ccccc1)c1ccccc1)c1ccccc1)c1ccccc1. The van der Waals surface area contributed by atoms with E-state index >= 15 is 0 Å². The standard InChI is InChI=1S/C28H22N4O3/c33-26(22-15-7-2-8-16-22)30-29-25(21-13-5-1-6-14-21)28(35)32(24-19-11-4-12-20-24)31-27(34)23-17-9-3-10-18-23/h1-20H,(H,30,33)(H,31,34)/b29-25-. The largest absolute Gasteiger partial charge is 0.298 e. The maximum absolute atomic E-state index is 13.8. The first-order chi connectivity index (χ1) is 17.1. The van der Waals surface area contributed by atoms with Crippen molar-refractivity contribution in [1.29, 1.82) is 0 Å². The molecule has 172 valence electrons. The van der Waals surface area contributed by atoms with Gasteiger partial charge in [0.05, 0.1) is 5.69 Å². The average Bonchev–Trinajstić information content (AvgIpc) is 2.93. The van der Waals surface area contributed by atoms with Gasteiger partial charge in [0, 0.05) is 16.7 Å². The minimum atomic E-state index is -0.625. The number of carbonyl (C=O) groups is 3. The number of hydrogen-bond donors (Lipinski definition) is 2. The maximum atomic E-state index is 13.8. The third-order valence-electron chi connectivity index (χ3n) is 5.02. The molecular formula is C28H22N4O3. The lowest BCUT2D eigenvalue weighted by molar-refractivity contribution is -0.113. The van der Waals surface area contributed by atoms with Crippen molar-refractivity contribution in [2.45, 2.75) is 0 Å². The van der Waals surface area contributed by atoms with Crippen molar-refractivity contribution in [1.82, 2.24) is 10.9 Å². The maximum Gasteiger partial charge on any atom is 0.298 e. The van der Waals surface area contributed by atoms with Gasteiger partial charge < -0.3 is 0 Å². The molecule has 35 heavy (non-hydrogen) atoms. The second kappa shape index (κ2) is 11.2. The predicted molar refractivity (Wildman–Crippen MR) is 135 cm³/mol. The van der Waals surface area contributed by atoms with Crippen LogP contribution in [0.25, 0.3) is 0 Å². The van der Waals surface area contributed by atoms with Crippen molar-refractivity contribution in [3.63, 3.8) is 0 Å². The summed E-state index contributed by atoms with van der Waals surface area (Å²) in [5.74, 6) is -1.56. The summed E-state index contributed by atoms with van der Waals surface area (Å²) in [6.45, 7) is 0. The highest BCUT2D eigenvalue weighted by atomic mass is 16.2. The summed E-state index contributed by atoms with van der Waals surface area (Å²) in [6, 6.07) is 34.5. The van der Waals surface area contributed by atoms with Crippen LogP contribution in [0.5, 0.6) is 0 Å². The molecule has 0 atom stereocenters. The van der Waals surface area contributed by atoms with Crippen LogP contribution in [0.4, 0.5) is 5.69 Å². The number of amides is 3. The van der Waals surface area contributed by atoms with E-state index < -0.39 is 17.7 Å². The number of nitrogens with one attached hydrogen (secondary N) is 2. The van der Waals surface area contributed by atoms with Gasteiger partial charge in [0.1, 0.15) is 0 Å². The minimum Gasteiger partial charge on any atom is -0.267 e. The van der Waals surface area contributed by atoms with E-state index in [-0.39, 0.29) is 5.71 Å². The van der Waals surface area contributed by atoms with E-state index in [0.29, 0.717) is 22.4 Å². The third-order valence-corrected chi connectivity index (χ3v) is 5.02. The Labute approximate surface area is 202 Å². The monoisotopic (exact) mass is 462 g/mol. The van der Waals surface area contributed by atoms with Crippen molar-refractivity contribution in [3.8, 4) is 0 Å². The van der Waals surface area contributed by atoms with Crippen molar-refractivity contribution in [2.75, 3.05) is 5.01 Å². The Kier molecular flexibility index (Phi) is 7.40. The fourth-order valence-electron chi connectivity index (χ4n) is 3.26. The number of hydrazone groups is 1. The second-order valence-corrected chi connectivity index (χ2v) is 7.42. The first-order valence-corrected chi connectivity index (χ1v) is 10.9. The molecule has 4 aromatic rings. The molecule has 0 saturated carbocycles. The summed E-state index contributed by atoms with van der Waals surface area (Å²) >= 11 is 0. The highest BCUT2D eigenvalue weighted by Crippen LogP contribution is 2.15. The molecule has 0 radical (unpaired) electrons. The number of hydrogen-bond acceptors (Lipinski definition) is 4. The van der Waals surface area contributed by atoms with Crippen LogP contribution in [0, 0.1) is 0 Å². The summed E-state index contributed by atoms with van der Waals surface area (Å²) in [6.07, 6.45) is 0. The number of carbonyl (C=O) groups excluding carboxylic acids is 3. The number of para-hydroxylation sites is 1. The third kappa shape index (κ3) is 5.85. The van der Waals surface area contributed by atoms with Crippen LogP contribution in [-0.4, -0.2) is 23.4 Å². The molecule has 3 amide bonds. The lowest BCUT2D eigenvalue weighted by Crippen LogP contribution is -2.50. The Balaban J connectivity index is 1.69. The van der Waals surface area contributed by atoms with Gasteiger partial charge in [-0.15, -0.1) is 0 Å². The zero-order valence-electron chi connectivity index (χ0n) is 18.7. The van der Waals surface area contributed by atoms with Crippen LogP contribution in [0.3, 0.4) is 0 Å². The predicted octanol–water partition coefficient (Wildman–Crippen LogP) is 4.20. The van der Waals surface area contributed by atoms with Gasteiger partial charge in [-0.2, -0.15) is 5.10 Å². The van der Waals surface area contributed by atoms with E-state index in [1.54, 1.807) is 121 Å². The van der Waals surface area contributed by atoms with Gasteiger partial charge in [-0.3, -0.25) is 19.8 Å². The molecule has 0 aliphatic heterocycles. The molecule has 4 rings (SSSR count). The van der Waals surface area contributed by atoms with Crippen LogP contribution < -0.4 is 15.9 Å². The number of hydrazine groups is 1. The number of rotatable bonds is 6. The first kappa shape index (κ1) is 23.1. The molecule has 0 aliphatic rings. The normalized spacial score (nSPS) is 10.8. The van der Waals surface area contributed by atoms with Crippen molar-refractivity contribution >= 4 is 29.1 Å². The van der Waals surface area contributed by atoms with Gasteiger partial charge in [-0.1, -0.05) is 84.9 Å². The Morgan fingerprint density at radius 1 is 0.543 bits per heavy atom. The Hall–Kier alpha value is -5.04. The van der Waals surface area contributed by atoms with E-state index in [2.05, 4.69) is 16.0 Å². The highest BCUT2D eigenvalue weighted by Gasteiger charge is 2.26. The van der Waals surface area contributed by atoms with Crippen LogP contribution in [-0.2, 0) is 4.79 Å². The van der Waals surface area contributed by atoms with E-state index in [0.717, 1.165) is 5.01 Å². The zero-order valence-corrected chi connectivity index (χ0v) is 18.7. The summed E-state index contributed by atoms with van der Waals surface area (Å²) in [5.41, 5.74) is 6.77. The highest BCUT2D eigenvalue weighted by molar-refractivity contribution is 6.49. The Bertz CT molecular complexity index is 1330. The molecule has 0 aliphatic carbocycles. The van der Waals surface area contributed by atoms with Crippen LogP contribution >= 0.6 is 0 Å². The first-order valence-electron chi connectivity index (χ1n) is 10.9. The molecule has 0 unspecified atom stereocenters. The fourth-order valence-corrected chi connectivity index (χ4v) is 3.26. The minimum absolute atomic E-state index is 0.0490. The Morgan fingerprint density at radius 2 is 0.971 bits per heavy atom. The molecule has 0 heterocycles. The number of anilines is 1. The zero-order chi connectivity index (χ0) is 24.5. The van der Waals surface area contributed by atoms with E-state index in [1.807, 2.05) is 0 Å². The summed E-state index contributed by atoms with van der Waals surface area (Å²) in [5, 5.41) is 5.29.